The van der Waals surface area contributed by atoms with Gasteiger partial charge in [0.05, 0.1) is 11.8 Å². The summed E-state index contributed by atoms with van der Waals surface area (Å²) in [6, 6.07) is 18.4. The van der Waals surface area contributed by atoms with Gasteiger partial charge >= 0.3 is 10.2 Å². The molecule has 1 saturated heterocycles. The molecule has 2 aromatic rings. The Hall–Kier alpha value is -3.83. The second kappa shape index (κ2) is 33.7. The smallest absolute Gasteiger partial charge is 0.472 e. The molecule has 4 atom stereocenters. The number of phenols is 1. The number of phenolic OH excluding ortho intramolecular Hbond substituents is 1. The molecule has 0 bridgehead atoms. The van der Waals surface area contributed by atoms with Crippen molar-refractivity contribution in [1.29, 1.82) is 0 Å². The standard InChI is InChI=1S/C13H23NO.C13H11NO.C6H12N.C6H8N.2H2NO3.2Ni/c2*15-13-9-5-4-6-11(13)10-14-12-7-2-1-3-8-12;2*1-6-4-2-3-5-7-6;2*2-1(3)4;;/h10-13,15H,1-9H2;1-10,15H;6H,2-5H2,1H3;2-6H,1H3;2*(H2,2,3,4);;/q;;2*-1;2*+1;;. The molecule has 6 N–H and O–H groups in total. The summed E-state index contributed by atoms with van der Waals surface area (Å²) < 4.78 is 0. The number of hydrogen-bond acceptors (Lipinski definition) is 6. The number of para-hydroxylation sites is 2. The van der Waals surface area contributed by atoms with Gasteiger partial charge in [0, 0.05) is 62.9 Å². The van der Waals surface area contributed by atoms with E-state index in [0.717, 1.165) is 30.6 Å². The molecular weight excluding hydrogens is 786 g/mol. The molecule has 16 heteroatoms. The molecule has 2 saturated carbocycles. The first-order valence-corrected chi connectivity index (χ1v) is 18.0. The van der Waals surface area contributed by atoms with Gasteiger partial charge in [0.25, 0.3) is 0 Å². The summed E-state index contributed by atoms with van der Waals surface area (Å²) in [5.74, 6) is 0.595. The van der Waals surface area contributed by atoms with Gasteiger partial charge in [0.2, 0.25) is 0 Å². The second-order valence-electron chi connectivity index (χ2n) is 12.6. The van der Waals surface area contributed by atoms with E-state index >= 15 is 0 Å². The summed E-state index contributed by atoms with van der Waals surface area (Å²) in [5, 5.41) is 52.8. The maximum Gasteiger partial charge on any atom is 0.472 e. The van der Waals surface area contributed by atoms with E-state index in [0.29, 0.717) is 24.0 Å². The molecule has 0 radical (unpaired) electrons. The van der Waals surface area contributed by atoms with Crippen molar-refractivity contribution in [3.05, 3.63) is 105 Å². The van der Waals surface area contributed by atoms with E-state index in [1.807, 2.05) is 60.8 Å². The van der Waals surface area contributed by atoms with Crippen LogP contribution >= 0.6 is 0 Å². The van der Waals surface area contributed by atoms with Crippen LogP contribution in [0, 0.1) is 15.7 Å². The molecule has 0 spiro atoms. The molecule has 0 aromatic heterocycles. The molecular formula is C38H58N6Ni2O8. The van der Waals surface area contributed by atoms with Crippen molar-refractivity contribution in [2.45, 2.75) is 115 Å². The summed E-state index contributed by atoms with van der Waals surface area (Å²) in [7, 11) is 0. The predicted molar refractivity (Wildman–Crippen MR) is 202 cm³/mol. The maximum absolute atomic E-state index is 9.81. The van der Waals surface area contributed by atoms with Crippen LogP contribution in [-0.2, 0) is 33.0 Å². The Bertz CT molecular complexity index is 1340. The Morgan fingerprint density at radius 2 is 1.31 bits per heavy atom. The topological polar surface area (TPSA) is 214 Å². The van der Waals surface area contributed by atoms with Crippen molar-refractivity contribution in [2.24, 2.45) is 15.9 Å². The molecule has 2 aliphatic heterocycles. The molecule has 308 valence electrons. The summed E-state index contributed by atoms with van der Waals surface area (Å²) in [4.78, 5) is 25.9. The van der Waals surface area contributed by atoms with E-state index in [9.17, 15) is 10.2 Å². The number of nitrogens with zero attached hydrogens (tertiary/aromatic N) is 6. The number of allylic oxidation sites excluding steroid dienone is 2. The average Bonchev–Trinajstić information content (AvgIpc) is 3.13. The van der Waals surface area contributed by atoms with E-state index in [1.165, 1.54) is 64.2 Å². The fourth-order valence-electron chi connectivity index (χ4n) is 5.50. The van der Waals surface area contributed by atoms with Crippen molar-refractivity contribution in [3.8, 4) is 5.75 Å². The van der Waals surface area contributed by atoms with Gasteiger partial charge in [-0.1, -0.05) is 114 Å². The third-order valence-corrected chi connectivity index (χ3v) is 8.27. The van der Waals surface area contributed by atoms with Crippen LogP contribution in [0.4, 0.5) is 5.69 Å². The largest absolute Gasteiger partial charge is 0.685 e. The monoisotopic (exact) mass is 842 g/mol. The molecule has 54 heavy (non-hydrogen) atoms. The van der Waals surface area contributed by atoms with E-state index in [4.69, 9.17) is 30.6 Å². The van der Waals surface area contributed by atoms with Gasteiger partial charge in [-0.3, -0.25) is 9.98 Å². The van der Waals surface area contributed by atoms with Gasteiger partial charge in [0.1, 0.15) is 15.6 Å². The van der Waals surface area contributed by atoms with E-state index in [1.54, 1.807) is 18.3 Å². The summed E-state index contributed by atoms with van der Waals surface area (Å²) >= 11 is 0. The number of piperidine rings is 1. The van der Waals surface area contributed by atoms with Gasteiger partial charge in [-0.15, -0.1) is 18.6 Å². The van der Waals surface area contributed by atoms with Crippen molar-refractivity contribution in [3.63, 3.8) is 0 Å². The fourth-order valence-corrected chi connectivity index (χ4v) is 5.50. The van der Waals surface area contributed by atoms with Crippen molar-refractivity contribution < 1.29 is 74.2 Å². The van der Waals surface area contributed by atoms with E-state index in [-0.39, 0.29) is 44.8 Å². The minimum atomic E-state index is -1.25. The number of benzene rings is 2. The van der Waals surface area contributed by atoms with Gasteiger partial charge in [-0.25, -0.2) is 20.8 Å². The maximum atomic E-state index is 9.81. The predicted octanol–water partition coefficient (Wildman–Crippen LogP) is 8.93. The van der Waals surface area contributed by atoms with Crippen LogP contribution in [0.2, 0.25) is 0 Å². The van der Waals surface area contributed by atoms with Crippen molar-refractivity contribution in [2.75, 3.05) is 6.54 Å². The molecule has 6 rings (SSSR count). The van der Waals surface area contributed by atoms with Gasteiger partial charge < -0.3 is 20.8 Å². The van der Waals surface area contributed by atoms with Crippen LogP contribution < -0.4 is 0 Å². The Morgan fingerprint density at radius 1 is 0.741 bits per heavy atom. The molecule has 4 unspecified atom stereocenters. The molecule has 4 aliphatic rings. The zero-order chi connectivity index (χ0) is 38.4. The van der Waals surface area contributed by atoms with Crippen molar-refractivity contribution in [1.82, 2.24) is 0 Å². The number of rotatable bonds is 4. The van der Waals surface area contributed by atoms with E-state index < -0.39 is 10.2 Å². The molecule has 3 fully saturated rings. The Morgan fingerprint density at radius 3 is 1.80 bits per heavy atom. The summed E-state index contributed by atoms with van der Waals surface area (Å²) in [6.07, 6.45) is 26.6. The zero-order valence-corrected chi connectivity index (χ0v) is 33.0. The van der Waals surface area contributed by atoms with Gasteiger partial charge in [-0.05, 0) is 49.9 Å². The van der Waals surface area contributed by atoms with E-state index in [2.05, 4.69) is 46.8 Å². The first-order valence-electron chi connectivity index (χ1n) is 18.0. The second-order valence-corrected chi connectivity index (χ2v) is 12.6. The van der Waals surface area contributed by atoms with Crippen LogP contribution in [0.25, 0.3) is 10.6 Å². The number of aromatic hydroxyl groups is 1. The SMILES string of the molecule is CC1C=CC=C[N-]1.CC1CCCC[N-]1.O=[N+](O)O.O=[N+](O)O.OC1CCCCC1C=NC1CCCCC1.Oc1ccccc1C=Nc1ccccc1.[Ni].[Ni]. The van der Waals surface area contributed by atoms with Crippen molar-refractivity contribution >= 4 is 18.1 Å². The van der Waals surface area contributed by atoms with Crippen LogP contribution in [0.1, 0.15) is 96.5 Å². The Balaban J connectivity index is 0. The van der Waals surface area contributed by atoms with Gasteiger partial charge in [-0.2, -0.15) is 6.20 Å². The first-order chi connectivity index (χ1) is 25.0. The number of aliphatic imine (C=N–C) groups is 2. The van der Waals surface area contributed by atoms with Crippen LogP contribution in [0.15, 0.2) is 89.0 Å². The summed E-state index contributed by atoms with van der Waals surface area (Å²) in [6.45, 7) is 5.36. The van der Waals surface area contributed by atoms with Crippen LogP contribution in [0.5, 0.6) is 5.75 Å². The molecule has 2 aliphatic carbocycles. The first kappa shape index (κ1) is 52.3. The molecule has 14 nitrogen and oxygen atoms in total. The molecule has 2 aromatic carbocycles. The zero-order valence-electron chi connectivity index (χ0n) is 31.1. The summed E-state index contributed by atoms with van der Waals surface area (Å²) in [5.41, 5.74) is 1.60. The van der Waals surface area contributed by atoms with Crippen LogP contribution in [0.3, 0.4) is 0 Å². The normalized spacial score (nSPS) is 21.3. The molecule has 2 heterocycles. The minimum Gasteiger partial charge on any atom is -0.685 e. The fraction of sp³-hybridized carbons (Fsp3) is 0.526. The number of aliphatic hydroxyl groups excluding tert-OH is 1. The average molecular weight is 844 g/mol. The van der Waals surface area contributed by atoms with Gasteiger partial charge in [0.15, 0.2) is 0 Å². The number of hydrogen-bond donors (Lipinski definition) is 6. The third-order valence-electron chi connectivity index (χ3n) is 8.27. The minimum absolute atomic E-state index is 0. The third kappa shape index (κ3) is 29.6. The Labute approximate surface area is 339 Å². The molecule has 0 amide bonds. The quantitative estimate of drug-likeness (QED) is 0.0990. The number of aliphatic hydroxyl groups is 1. The van der Waals surface area contributed by atoms with Crippen LogP contribution in [-0.4, -0.2) is 84.4 Å². The Kier molecular flexibility index (Phi) is 32.6.